The molecular formula is C19H22ClN3O4. The first-order valence-corrected chi connectivity index (χ1v) is 8.96. The number of carbonyl (C=O) groups is 2. The first-order valence-electron chi connectivity index (χ1n) is 8.58. The number of hydrogen-bond donors (Lipinski definition) is 1. The number of benzene rings is 1. The van der Waals surface area contributed by atoms with Crippen molar-refractivity contribution in [3.05, 3.63) is 57.0 Å². The zero-order chi connectivity index (χ0) is 20.0. The molecule has 2 rings (SSSR count). The number of aromatic nitrogens is 2. The molecule has 27 heavy (non-hydrogen) atoms. The van der Waals surface area contributed by atoms with Crippen LogP contribution in [-0.4, -0.2) is 34.8 Å². The molecule has 2 aromatic rings. The third kappa shape index (κ3) is 5.92. The maximum Gasteiger partial charge on any atom is 0.363 e. The van der Waals surface area contributed by atoms with E-state index in [0.717, 1.165) is 6.42 Å². The van der Waals surface area contributed by atoms with Gasteiger partial charge in [-0.2, -0.15) is 5.10 Å². The van der Waals surface area contributed by atoms with Crippen LogP contribution in [0.25, 0.3) is 5.69 Å². The molecule has 0 saturated carbocycles. The van der Waals surface area contributed by atoms with Crippen LogP contribution in [0.4, 0.5) is 0 Å². The first-order chi connectivity index (χ1) is 12.8. The molecule has 1 heterocycles. The second kappa shape index (κ2) is 9.32. The molecule has 0 atom stereocenters. The predicted molar refractivity (Wildman–Crippen MR) is 102 cm³/mol. The van der Waals surface area contributed by atoms with Gasteiger partial charge in [-0.3, -0.25) is 9.59 Å². The number of nitrogens with zero attached hydrogens (tertiary/aromatic N) is 2. The minimum atomic E-state index is -0.943. The number of amides is 1. The topological polar surface area (TPSA) is 90.3 Å². The first kappa shape index (κ1) is 20.6. The highest BCUT2D eigenvalue weighted by Crippen LogP contribution is 2.13. The van der Waals surface area contributed by atoms with E-state index < -0.39 is 23.9 Å². The molecule has 0 spiro atoms. The van der Waals surface area contributed by atoms with Gasteiger partial charge in [0.25, 0.3) is 5.91 Å². The van der Waals surface area contributed by atoms with Gasteiger partial charge in [0.1, 0.15) is 0 Å². The summed E-state index contributed by atoms with van der Waals surface area (Å²) in [6, 6.07) is 8.07. The van der Waals surface area contributed by atoms with Crippen molar-refractivity contribution >= 4 is 23.5 Å². The van der Waals surface area contributed by atoms with Crippen LogP contribution in [0.15, 0.2) is 35.1 Å². The zero-order valence-corrected chi connectivity index (χ0v) is 16.2. The van der Waals surface area contributed by atoms with Gasteiger partial charge in [0.2, 0.25) is 11.1 Å². The molecular weight excluding hydrogens is 370 g/mol. The van der Waals surface area contributed by atoms with E-state index in [0.29, 0.717) is 28.9 Å². The fourth-order valence-electron chi connectivity index (χ4n) is 2.28. The normalized spacial score (nSPS) is 10.7. The summed E-state index contributed by atoms with van der Waals surface area (Å²) in [7, 11) is 0. The van der Waals surface area contributed by atoms with Gasteiger partial charge in [0.05, 0.1) is 5.69 Å². The molecule has 7 nitrogen and oxygen atoms in total. The molecule has 0 radical (unpaired) electrons. The fraction of sp³-hybridized carbons (Fsp3) is 0.368. The van der Waals surface area contributed by atoms with Crippen molar-refractivity contribution < 1.29 is 14.3 Å². The van der Waals surface area contributed by atoms with Crippen LogP contribution in [0.3, 0.4) is 0 Å². The lowest BCUT2D eigenvalue weighted by Gasteiger charge is -2.11. The van der Waals surface area contributed by atoms with E-state index in [1.807, 2.05) is 13.8 Å². The summed E-state index contributed by atoms with van der Waals surface area (Å²) >= 11 is 5.88. The van der Waals surface area contributed by atoms with Crippen molar-refractivity contribution in [1.82, 2.24) is 15.1 Å². The number of halogens is 1. The third-order valence-corrected chi connectivity index (χ3v) is 4.00. The van der Waals surface area contributed by atoms with Crippen LogP contribution in [0.5, 0.6) is 0 Å². The van der Waals surface area contributed by atoms with Gasteiger partial charge >= 0.3 is 5.97 Å². The van der Waals surface area contributed by atoms with Crippen LogP contribution in [-0.2, 0) is 9.53 Å². The van der Waals surface area contributed by atoms with E-state index in [4.69, 9.17) is 16.3 Å². The number of ether oxygens (including phenoxy) is 1. The summed E-state index contributed by atoms with van der Waals surface area (Å²) < 4.78 is 6.37. The monoisotopic (exact) mass is 391 g/mol. The largest absolute Gasteiger partial charge is 0.451 e. The van der Waals surface area contributed by atoms with Gasteiger partial charge in [0, 0.05) is 23.3 Å². The van der Waals surface area contributed by atoms with Crippen molar-refractivity contribution in [3.8, 4) is 5.69 Å². The molecule has 0 fully saturated rings. The lowest BCUT2D eigenvalue weighted by atomic mass is 10.1. The molecule has 0 aliphatic heterocycles. The number of aryl methyl sites for hydroxylation is 1. The van der Waals surface area contributed by atoms with Gasteiger partial charge in [-0.1, -0.05) is 25.4 Å². The van der Waals surface area contributed by atoms with Crippen molar-refractivity contribution in [2.75, 3.05) is 13.2 Å². The second-order valence-corrected chi connectivity index (χ2v) is 6.93. The van der Waals surface area contributed by atoms with Gasteiger partial charge in [-0.25, -0.2) is 9.48 Å². The third-order valence-electron chi connectivity index (χ3n) is 3.75. The molecule has 0 saturated heterocycles. The Kier molecular flexibility index (Phi) is 7.12. The Balaban J connectivity index is 2.10. The number of rotatable bonds is 7. The molecule has 1 amide bonds. The Morgan fingerprint density at radius 3 is 2.56 bits per heavy atom. The Hall–Kier alpha value is -2.67. The van der Waals surface area contributed by atoms with Crippen LogP contribution in [0.2, 0.25) is 5.02 Å². The Labute approximate surface area is 162 Å². The molecule has 0 unspecified atom stereocenters. The summed E-state index contributed by atoms with van der Waals surface area (Å²) in [6.45, 7) is 5.81. The van der Waals surface area contributed by atoms with Gasteiger partial charge < -0.3 is 10.1 Å². The van der Waals surface area contributed by atoms with E-state index in [9.17, 15) is 14.4 Å². The lowest BCUT2D eigenvalue weighted by Crippen LogP contribution is -2.31. The van der Waals surface area contributed by atoms with E-state index in [2.05, 4.69) is 10.4 Å². The second-order valence-electron chi connectivity index (χ2n) is 6.50. The Morgan fingerprint density at radius 2 is 1.93 bits per heavy atom. The maximum absolute atomic E-state index is 12.2. The quantitative estimate of drug-likeness (QED) is 0.732. The smallest absolute Gasteiger partial charge is 0.363 e. The highest BCUT2D eigenvalue weighted by Gasteiger charge is 2.18. The molecule has 0 aliphatic rings. The van der Waals surface area contributed by atoms with Gasteiger partial charge in [-0.05, 0) is 43.5 Å². The van der Waals surface area contributed by atoms with Crippen LogP contribution in [0.1, 0.15) is 36.5 Å². The number of hydrogen-bond acceptors (Lipinski definition) is 5. The molecule has 1 aromatic carbocycles. The van der Waals surface area contributed by atoms with Crippen LogP contribution < -0.4 is 10.7 Å². The number of esters is 1. The molecule has 0 bridgehead atoms. The molecule has 144 valence electrons. The van der Waals surface area contributed by atoms with Crippen LogP contribution in [0, 0.1) is 12.8 Å². The molecule has 8 heteroatoms. The number of carbonyl (C=O) groups excluding carboxylic acids is 2. The standard InChI is InChI=1S/C19H22ClN3O4/c1-12(2)8-9-21-17(25)11-27-19(26)18-16(24)10-13(3)23(22-18)15-6-4-14(20)5-7-15/h4-7,10,12H,8-9,11H2,1-3H3,(H,21,25). The van der Waals surface area contributed by atoms with Crippen molar-refractivity contribution in [2.24, 2.45) is 5.92 Å². The van der Waals surface area contributed by atoms with E-state index in [1.54, 1.807) is 31.2 Å². The maximum atomic E-state index is 12.2. The van der Waals surface area contributed by atoms with E-state index in [1.165, 1.54) is 10.7 Å². The fourth-order valence-corrected chi connectivity index (χ4v) is 2.41. The summed E-state index contributed by atoms with van der Waals surface area (Å²) in [4.78, 5) is 36.0. The van der Waals surface area contributed by atoms with Crippen molar-refractivity contribution in [2.45, 2.75) is 27.2 Å². The summed E-state index contributed by atoms with van der Waals surface area (Å²) in [5, 5.41) is 7.30. The highest BCUT2D eigenvalue weighted by atomic mass is 35.5. The Bertz CT molecular complexity index is 876. The van der Waals surface area contributed by atoms with Crippen molar-refractivity contribution in [1.29, 1.82) is 0 Å². The SMILES string of the molecule is Cc1cc(=O)c(C(=O)OCC(=O)NCCC(C)C)nn1-c1ccc(Cl)cc1. The summed E-state index contributed by atoms with van der Waals surface area (Å²) in [5.74, 6) is -0.910. The van der Waals surface area contributed by atoms with E-state index >= 15 is 0 Å². The minimum Gasteiger partial charge on any atom is -0.451 e. The molecule has 0 aliphatic carbocycles. The average Bonchev–Trinajstić information content (AvgIpc) is 2.60. The lowest BCUT2D eigenvalue weighted by molar-refractivity contribution is -0.124. The highest BCUT2D eigenvalue weighted by molar-refractivity contribution is 6.30. The van der Waals surface area contributed by atoms with Crippen LogP contribution >= 0.6 is 11.6 Å². The van der Waals surface area contributed by atoms with E-state index in [-0.39, 0.29) is 5.69 Å². The summed E-state index contributed by atoms with van der Waals surface area (Å²) in [5.41, 5.74) is 0.233. The average molecular weight is 392 g/mol. The molecule has 1 aromatic heterocycles. The van der Waals surface area contributed by atoms with Crippen molar-refractivity contribution in [3.63, 3.8) is 0 Å². The Morgan fingerprint density at radius 1 is 1.26 bits per heavy atom. The zero-order valence-electron chi connectivity index (χ0n) is 15.5. The van der Waals surface area contributed by atoms with Gasteiger partial charge in [0.15, 0.2) is 6.61 Å². The van der Waals surface area contributed by atoms with Gasteiger partial charge in [-0.15, -0.1) is 0 Å². The number of nitrogens with one attached hydrogen (secondary N) is 1. The predicted octanol–water partition coefficient (Wildman–Crippen LogP) is 2.51. The minimum absolute atomic E-state index is 0.384. The molecule has 1 N–H and O–H groups in total. The summed E-state index contributed by atoms with van der Waals surface area (Å²) in [6.07, 6.45) is 0.824.